The third-order valence-electron chi connectivity index (χ3n) is 9.74. The van der Waals surface area contributed by atoms with Gasteiger partial charge in [0.15, 0.2) is 5.65 Å². The van der Waals surface area contributed by atoms with Crippen molar-refractivity contribution in [2.45, 2.75) is 0 Å². The van der Waals surface area contributed by atoms with Crippen molar-refractivity contribution < 1.29 is 0 Å². The Hall–Kier alpha value is -6.53. The fourth-order valence-electron chi connectivity index (χ4n) is 7.93. The molecule has 0 aliphatic heterocycles. The van der Waals surface area contributed by atoms with Crippen LogP contribution in [0.2, 0.25) is 0 Å². The summed E-state index contributed by atoms with van der Waals surface area (Å²) in [5.41, 5.74) is 10.6. The maximum Gasteiger partial charge on any atom is 0.178 e. The molecule has 0 radical (unpaired) electrons. The number of fused-ring (bicyclic) bond motifs is 16. The summed E-state index contributed by atoms with van der Waals surface area (Å²) in [7, 11) is 0. The molecular weight excluding hydrogens is 576 g/mol. The molecular formula is C41H24N6. The molecule has 0 unspecified atom stereocenters. The molecule has 11 aromatic rings. The van der Waals surface area contributed by atoms with Gasteiger partial charge < -0.3 is 9.13 Å². The summed E-state index contributed by atoms with van der Waals surface area (Å²) in [6.45, 7) is 0. The Labute approximate surface area is 267 Å². The first kappa shape index (κ1) is 24.8. The van der Waals surface area contributed by atoms with Crippen LogP contribution in [0.25, 0.3) is 93.5 Å². The fourth-order valence-corrected chi connectivity index (χ4v) is 7.93. The second-order valence-electron chi connectivity index (χ2n) is 12.1. The highest BCUT2D eigenvalue weighted by Gasteiger charge is 2.24. The summed E-state index contributed by atoms with van der Waals surface area (Å²) in [4.78, 5) is 14.4. The van der Waals surface area contributed by atoms with Crippen molar-refractivity contribution in [3.8, 4) is 11.4 Å². The van der Waals surface area contributed by atoms with E-state index >= 15 is 0 Å². The molecule has 47 heavy (non-hydrogen) atoms. The third kappa shape index (κ3) is 3.16. The predicted molar refractivity (Wildman–Crippen MR) is 192 cm³/mol. The molecule has 0 aliphatic rings. The lowest BCUT2D eigenvalue weighted by molar-refractivity contribution is 1.17. The van der Waals surface area contributed by atoms with Crippen molar-refractivity contribution in [1.82, 2.24) is 28.5 Å². The van der Waals surface area contributed by atoms with Crippen LogP contribution in [-0.4, -0.2) is 28.5 Å². The minimum Gasteiger partial charge on any atom is -0.309 e. The van der Waals surface area contributed by atoms with E-state index in [1.54, 1.807) is 0 Å². The molecule has 0 saturated heterocycles. The van der Waals surface area contributed by atoms with E-state index in [-0.39, 0.29) is 0 Å². The van der Waals surface area contributed by atoms with E-state index in [4.69, 9.17) is 4.98 Å². The number of benzene rings is 5. The SMILES string of the molecule is c1ccc(-n2c3ccccc3c3c4c5ccc6c(c7cnccc7n7c8cccnc8nc67)c5n(-c5ccccc5)c4ccc32)cc1. The lowest BCUT2D eigenvalue weighted by Crippen LogP contribution is -1.97. The molecule has 6 heteroatoms. The van der Waals surface area contributed by atoms with Crippen molar-refractivity contribution in [1.29, 1.82) is 0 Å². The highest BCUT2D eigenvalue weighted by Crippen LogP contribution is 2.46. The maximum atomic E-state index is 5.10. The van der Waals surface area contributed by atoms with Crippen molar-refractivity contribution in [2.75, 3.05) is 0 Å². The van der Waals surface area contributed by atoms with Gasteiger partial charge in [-0.05, 0) is 66.7 Å². The van der Waals surface area contributed by atoms with Crippen LogP contribution in [0.15, 0.2) is 146 Å². The first-order chi connectivity index (χ1) is 23.4. The van der Waals surface area contributed by atoms with E-state index in [0.29, 0.717) is 0 Å². The molecule has 0 aliphatic carbocycles. The van der Waals surface area contributed by atoms with Crippen LogP contribution < -0.4 is 0 Å². The molecule has 6 aromatic heterocycles. The number of imidazole rings is 1. The lowest BCUT2D eigenvalue weighted by Gasteiger charge is -2.13. The first-order valence-corrected chi connectivity index (χ1v) is 15.8. The average molecular weight is 601 g/mol. The van der Waals surface area contributed by atoms with Gasteiger partial charge in [-0.25, -0.2) is 9.97 Å². The number of hydrogen-bond acceptors (Lipinski definition) is 3. The van der Waals surface area contributed by atoms with Crippen molar-refractivity contribution in [3.05, 3.63) is 146 Å². The molecule has 0 amide bonds. The van der Waals surface area contributed by atoms with Crippen LogP contribution in [0.4, 0.5) is 0 Å². The highest BCUT2D eigenvalue weighted by atomic mass is 15.1. The first-order valence-electron chi connectivity index (χ1n) is 15.8. The van der Waals surface area contributed by atoms with Gasteiger partial charge in [0.2, 0.25) is 0 Å². The smallest absolute Gasteiger partial charge is 0.178 e. The Kier molecular flexibility index (Phi) is 4.75. The second-order valence-corrected chi connectivity index (χ2v) is 12.1. The zero-order valence-corrected chi connectivity index (χ0v) is 25.0. The lowest BCUT2D eigenvalue weighted by atomic mass is 10.0. The summed E-state index contributed by atoms with van der Waals surface area (Å²) in [6.07, 6.45) is 5.68. The van der Waals surface area contributed by atoms with Gasteiger partial charge in [-0.2, -0.15) is 0 Å². The molecule has 218 valence electrons. The molecule has 6 heterocycles. The summed E-state index contributed by atoms with van der Waals surface area (Å²) in [5.74, 6) is 0. The Morgan fingerprint density at radius 1 is 0.426 bits per heavy atom. The van der Waals surface area contributed by atoms with E-state index in [0.717, 1.165) is 60.9 Å². The quantitative estimate of drug-likeness (QED) is 0.186. The number of nitrogens with zero attached hydrogens (tertiary/aromatic N) is 6. The number of pyridine rings is 3. The Morgan fingerprint density at radius 2 is 1.11 bits per heavy atom. The molecule has 11 rings (SSSR count). The molecule has 0 spiro atoms. The van der Waals surface area contributed by atoms with Crippen LogP contribution >= 0.6 is 0 Å². The zero-order valence-electron chi connectivity index (χ0n) is 25.0. The van der Waals surface area contributed by atoms with Crippen molar-refractivity contribution in [2.24, 2.45) is 0 Å². The number of para-hydroxylation sites is 3. The van der Waals surface area contributed by atoms with Crippen LogP contribution in [0, 0.1) is 0 Å². The maximum absolute atomic E-state index is 5.10. The van der Waals surface area contributed by atoms with Gasteiger partial charge >= 0.3 is 0 Å². The van der Waals surface area contributed by atoms with Gasteiger partial charge in [-0.3, -0.25) is 9.38 Å². The normalized spacial score (nSPS) is 12.3. The molecule has 0 bridgehead atoms. The molecule has 0 fully saturated rings. The van der Waals surface area contributed by atoms with Gasteiger partial charge in [0.05, 0.1) is 33.1 Å². The van der Waals surface area contributed by atoms with Gasteiger partial charge in [0.25, 0.3) is 0 Å². The molecule has 5 aromatic carbocycles. The van der Waals surface area contributed by atoms with Gasteiger partial charge in [-0.15, -0.1) is 0 Å². The zero-order chi connectivity index (χ0) is 30.6. The van der Waals surface area contributed by atoms with Gasteiger partial charge in [-0.1, -0.05) is 60.7 Å². The van der Waals surface area contributed by atoms with Crippen LogP contribution in [0.5, 0.6) is 0 Å². The van der Waals surface area contributed by atoms with E-state index in [1.807, 2.05) is 24.7 Å². The summed E-state index contributed by atoms with van der Waals surface area (Å²) < 4.78 is 7.06. The van der Waals surface area contributed by atoms with Crippen molar-refractivity contribution in [3.63, 3.8) is 0 Å². The molecule has 6 nitrogen and oxygen atoms in total. The summed E-state index contributed by atoms with van der Waals surface area (Å²) in [5, 5.41) is 8.19. The second kappa shape index (κ2) is 9.02. The standard InChI is InChI=1S/C41H24N6/c1-3-10-25(11-4-1)45-31-15-8-7-14-27(31)37-33(45)19-20-34-38(37)28-17-18-29-36(39(28)46(34)26-12-5-2-6-13-26)30-24-42-23-21-32(30)47-35-16-9-22-43-40(35)44-41(29)47/h1-24H. The van der Waals surface area contributed by atoms with Gasteiger partial charge in [0.1, 0.15) is 5.65 Å². The Bertz CT molecular complexity index is 3060. The highest BCUT2D eigenvalue weighted by molar-refractivity contribution is 6.34. The predicted octanol–water partition coefficient (Wildman–Crippen LogP) is 9.78. The monoisotopic (exact) mass is 600 g/mol. The average Bonchev–Trinajstić information content (AvgIpc) is 3.80. The molecule has 0 N–H and O–H groups in total. The minimum atomic E-state index is 0.734. The fraction of sp³-hybridized carbons (Fsp3) is 0. The molecule has 0 saturated carbocycles. The summed E-state index contributed by atoms with van der Waals surface area (Å²) in [6, 6.07) is 45.4. The summed E-state index contributed by atoms with van der Waals surface area (Å²) >= 11 is 0. The minimum absolute atomic E-state index is 0.734. The third-order valence-corrected chi connectivity index (χ3v) is 9.74. The molecule has 0 atom stereocenters. The van der Waals surface area contributed by atoms with E-state index in [1.165, 1.54) is 32.6 Å². The van der Waals surface area contributed by atoms with E-state index in [2.05, 4.69) is 145 Å². The number of aromatic nitrogens is 6. The van der Waals surface area contributed by atoms with Crippen LogP contribution in [0.3, 0.4) is 0 Å². The Balaban J connectivity index is 1.43. The topological polar surface area (TPSA) is 52.9 Å². The van der Waals surface area contributed by atoms with Gasteiger partial charge in [0, 0.05) is 67.7 Å². The van der Waals surface area contributed by atoms with Crippen molar-refractivity contribution >= 4 is 82.1 Å². The number of hydrogen-bond donors (Lipinski definition) is 0. The number of rotatable bonds is 2. The van der Waals surface area contributed by atoms with Crippen LogP contribution in [0.1, 0.15) is 0 Å². The van der Waals surface area contributed by atoms with Crippen LogP contribution in [-0.2, 0) is 0 Å². The van der Waals surface area contributed by atoms with E-state index < -0.39 is 0 Å². The van der Waals surface area contributed by atoms with E-state index in [9.17, 15) is 0 Å². The largest absolute Gasteiger partial charge is 0.309 e. The Morgan fingerprint density at radius 3 is 1.94 bits per heavy atom.